The molecule has 0 fully saturated rings. The largest absolute Gasteiger partial charge is 0.151 e. The van der Waals surface area contributed by atoms with E-state index in [1.165, 1.54) is 5.56 Å². The lowest BCUT2D eigenvalue weighted by Crippen LogP contribution is -1.78. The minimum Gasteiger partial charge on any atom is -0.151 e. The first-order valence-electron chi connectivity index (χ1n) is 5.45. The van der Waals surface area contributed by atoms with Crippen LogP contribution in [0.2, 0.25) is 0 Å². The van der Waals surface area contributed by atoms with Crippen LogP contribution in [0.4, 0.5) is 11.4 Å². The van der Waals surface area contributed by atoms with Gasteiger partial charge in [-0.25, -0.2) is 0 Å². The van der Waals surface area contributed by atoms with Crippen LogP contribution in [0.15, 0.2) is 64.8 Å². The molecular weight excluding hydrogens is 196 g/mol. The van der Waals surface area contributed by atoms with Gasteiger partial charge in [-0.05, 0) is 30.2 Å². The van der Waals surface area contributed by atoms with Crippen LogP contribution in [-0.2, 0) is 6.42 Å². The van der Waals surface area contributed by atoms with Crippen molar-refractivity contribution in [2.45, 2.75) is 13.3 Å². The standard InChI is InChI=1S/C14H14N2/c1-2-12-8-6-7-11-14(12)16-15-13-9-4-3-5-10-13/h3-11H,2H2,1H3. The number of benzene rings is 2. The summed E-state index contributed by atoms with van der Waals surface area (Å²) in [6.07, 6.45) is 0.976. The van der Waals surface area contributed by atoms with Crippen LogP contribution in [0.1, 0.15) is 12.5 Å². The second-order valence-electron chi connectivity index (χ2n) is 3.52. The van der Waals surface area contributed by atoms with Crippen molar-refractivity contribution in [2.75, 3.05) is 0 Å². The van der Waals surface area contributed by atoms with Crippen LogP contribution >= 0.6 is 0 Å². The van der Waals surface area contributed by atoms with E-state index in [2.05, 4.69) is 23.2 Å². The Bertz CT molecular complexity index is 475. The van der Waals surface area contributed by atoms with Gasteiger partial charge in [-0.3, -0.25) is 0 Å². The molecule has 0 aliphatic rings. The highest BCUT2D eigenvalue weighted by Crippen LogP contribution is 2.22. The van der Waals surface area contributed by atoms with Crippen LogP contribution in [0, 0.1) is 0 Å². The van der Waals surface area contributed by atoms with E-state index in [1.807, 2.05) is 48.5 Å². The average molecular weight is 210 g/mol. The molecule has 80 valence electrons. The minimum atomic E-state index is 0.883. The zero-order valence-electron chi connectivity index (χ0n) is 9.30. The van der Waals surface area contributed by atoms with E-state index in [0.29, 0.717) is 0 Å². The molecular formula is C14H14N2. The van der Waals surface area contributed by atoms with Gasteiger partial charge in [0.1, 0.15) is 0 Å². The van der Waals surface area contributed by atoms with E-state index >= 15 is 0 Å². The third-order valence-corrected chi connectivity index (χ3v) is 2.40. The van der Waals surface area contributed by atoms with Gasteiger partial charge in [-0.1, -0.05) is 43.3 Å². The minimum absolute atomic E-state index is 0.883. The lowest BCUT2D eigenvalue weighted by molar-refractivity contribution is 1.11. The highest BCUT2D eigenvalue weighted by Gasteiger charge is 1.96. The van der Waals surface area contributed by atoms with Gasteiger partial charge in [0.25, 0.3) is 0 Å². The fraction of sp³-hybridized carbons (Fsp3) is 0.143. The second-order valence-corrected chi connectivity index (χ2v) is 3.52. The molecule has 2 nitrogen and oxygen atoms in total. The van der Waals surface area contributed by atoms with Crippen molar-refractivity contribution in [3.8, 4) is 0 Å². The SMILES string of the molecule is CCc1ccccc1N=Nc1ccccc1. The third-order valence-electron chi connectivity index (χ3n) is 2.40. The van der Waals surface area contributed by atoms with Crippen molar-refractivity contribution in [3.63, 3.8) is 0 Å². The molecule has 0 atom stereocenters. The molecule has 0 aromatic heterocycles. The topological polar surface area (TPSA) is 24.7 Å². The summed E-state index contributed by atoms with van der Waals surface area (Å²) in [6, 6.07) is 17.9. The van der Waals surface area contributed by atoms with E-state index in [0.717, 1.165) is 17.8 Å². The average Bonchev–Trinajstić information content (AvgIpc) is 2.38. The maximum absolute atomic E-state index is 4.27. The Hall–Kier alpha value is -1.96. The number of azo groups is 1. The molecule has 0 heterocycles. The number of hydrogen-bond donors (Lipinski definition) is 0. The van der Waals surface area contributed by atoms with Gasteiger partial charge in [-0.15, -0.1) is 0 Å². The Morgan fingerprint density at radius 1 is 0.812 bits per heavy atom. The summed E-state index contributed by atoms with van der Waals surface area (Å²) in [5.74, 6) is 0. The van der Waals surface area contributed by atoms with E-state index in [9.17, 15) is 0 Å². The van der Waals surface area contributed by atoms with E-state index < -0.39 is 0 Å². The Labute approximate surface area is 95.7 Å². The number of hydrogen-bond acceptors (Lipinski definition) is 2. The number of rotatable bonds is 3. The first-order chi connectivity index (χ1) is 7.90. The summed E-state index contributed by atoms with van der Waals surface area (Å²) in [5.41, 5.74) is 3.06. The molecule has 0 bridgehead atoms. The van der Waals surface area contributed by atoms with Crippen molar-refractivity contribution < 1.29 is 0 Å². The monoisotopic (exact) mass is 210 g/mol. The van der Waals surface area contributed by atoms with Crippen LogP contribution in [0.3, 0.4) is 0 Å². The zero-order chi connectivity index (χ0) is 11.2. The summed E-state index contributed by atoms with van der Waals surface area (Å²) in [6.45, 7) is 2.12. The fourth-order valence-electron chi connectivity index (χ4n) is 1.51. The molecule has 0 radical (unpaired) electrons. The first kappa shape index (κ1) is 10.6. The predicted molar refractivity (Wildman–Crippen MR) is 66.4 cm³/mol. The summed E-state index contributed by atoms with van der Waals surface area (Å²) >= 11 is 0. The molecule has 2 heteroatoms. The maximum atomic E-state index is 4.27. The lowest BCUT2D eigenvalue weighted by atomic mass is 10.1. The molecule has 0 saturated heterocycles. The van der Waals surface area contributed by atoms with Crippen molar-refractivity contribution in [2.24, 2.45) is 10.2 Å². The predicted octanol–water partition coefficient (Wildman–Crippen LogP) is 4.66. The smallest absolute Gasteiger partial charge is 0.0888 e. The van der Waals surface area contributed by atoms with Crippen LogP contribution < -0.4 is 0 Å². The van der Waals surface area contributed by atoms with Crippen LogP contribution in [0.25, 0.3) is 0 Å². The Morgan fingerprint density at radius 2 is 1.50 bits per heavy atom. The van der Waals surface area contributed by atoms with Gasteiger partial charge < -0.3 is 0 Å². The Morgan fingerprint density at radius 3 is 2.25 bits per heavy atom. The van der Waals surface area contributed by atoms with Crippen molar-refractivity contribution >= 4 is 11.4 Å². The molecule has 2 rings (SSSR count). The van der Waals surface area contributed by atoms with E-state index in [-0.39, 0.29) is 0 Å². The summed E-state index contributed by atoms with van der Waals surface area (Å²) < 4.78 is 0. The van der Waals surface area contributed by atoms with E-state index in [4.69, 9.17) is 0 Å². The second kappa shape index (κ2) is 5.21. The molecule has 0 aliphatic heterocycles. The van der Waals surface area contributed by atoms with E-state index in [1.54, 1.807) is 0 Å². The molecule has 0 spiro atoms. The van der Waals surface area contributed by atoms with Crippen molar-refractivity contribution in [1.29, 1.82) is 0 Å². The molecule has 0 unspecified atom stereocenters. The Kier molecular flexibility index (Phi) is 3.44. The highest BCUT2D eigenvalue weighted by atomic mass is 15.1. The quantitative estimate of drug-likeness (QED) is 0.658. The number of nitrogens with zero attached hydrogens (tertiary/aromatic N) is 2. The van der Waals surface area contributed by atoms with Gasteiger partial charge in [0.15, 0.2) is 0 Å². The third kappa shape index (κ3) is 2.54. The van der Waals surface area contributed by atoms with Crippen molar-refractivity contribution in [3.05, 3.63) is 60.2 Å². The van der Waals surface area contributed by atoms with Gasteiger partial charge in [0.2, 0.25) is 0 Å². The summed E-state index contributed by atoms with van der Waals surface area (Å²) in [7, 11) is 0. The van der Waals surface area contributed by atoms with Gasteiger partial charge in [0.05, 0.1) is 11.4 Å². The van der Waals surface area contributed by atoms with Crippen LogP contribution in [0.5, 0.6) is 0 Å². The number of aryl methyl sites for hydroxylation is 1. The molecule has 0 saturated carbocycles. The van der Waals surface area contributed by atoms with Crippen molar-refractivity contribution in [1.82, 2.24) is 0 Å². The molecule has 16 heavy (non-hydrogen) atoms. The van der Waals surface area contributed by atoms with Crippen LogP contribution in [-0.4, -0.2) is 0 Å². The fourth-order valence-corrected chi connectivity index (χ4v) is 1.51. The lowest BCUT2D eigenvalue weighted by Gasteiger charge is -1.99. The highest BCUT2D eigenvalue weighted by molar-refractivity contribution is 5.46. The van der Waals surface area contributed by atoms with Gasteiger partial charge in [0, 0.05) is 0 Å². The molecule has 0 N–H and O–H groups in total. The first-order valence-corrected chi connectivity index (χ1v) is 5.45. The molecule has 0 aliphatic carbocycles. The van der Waals surface area contributed by atoms with Gasteiger partial charge in [-0.2, -0.15) is 10.2 Å². The normalized spacial score (nSPS) is 10.8. The summed E-state index contributed by atoms with van der Waals surface area (Å²) in [5, 5.41) is 8.48. The molecule has 2 aromatic rings. The summed E-state index contributed by atoms with van der Waals surface area (Å²) in [4.78, 5) is 0. The Balaban J connectivity index is 2.24. The zero-order valence-corrected chi connectivity index (χ0v) is 9.30. The maximum Gasteiger partial charge on any atom is 0.0888 e. The van der Waals surface area contributed by atoms with Gasteiger partial charge >= 0.3 is 0 Å². The molecule has 0 amide bonds. The molecule has 2 aromatic carbocycles.